The summed E-state index contributed by atoms with van der Waals surface area (Å²) < 4.78 is 7.57. The van der Waals surface area contributed by atoms with Gasteiger partial charge < -0.3 is 14.4 Å². The zero-order chi connectivity index (χ0) is 22.9. The molecule has 1 amide bonds. The maximum absolute atomic E-state index is 13.0. The fourth-order valence-electron chi connectivity index (χ4n) is 4.96. The van der Waals surface area contributed by atoms with E-state index in [4.69, 9.17) is 21.1 Å². The number of hydrogen-bond donors (Lipinski definition) is 1. The summed E-state index contributed by atoms with van der Waals surface area (Å²) in [6.07, 6.45) is 4.28. The third-order valence-electron chi connectivity index (χ3n) is 6.80. The third-order valence-corrected chi connectivity index (χ3v) is 7.13. The Kier molecular flexibility index (Phi) is 5.94. The first-order chi connectivity index (χ1) is 16.0. The van der Waals surface area contributed by atoms with E-state index in [9.17, 15) is 4.79 Å². The number of benzene rings is 2. The van der Waals surface area contributed by atoms with Gasteiger partial charge in [-0.15, -0.1) is 0 Å². The fraction of sp³-hybridized carbons (Fsp3) is 0.346. The molecule has 0 unspecified atom stereocenters. The standard InChI is InChI=1S/C26H27ClN4O2/c1-16-23(24(30-33-16)19-7-3-4-8-20(19)27)26(32)28-15-17-11-13-18(14-12-17)25-29-21-9-5-6-10-22(21)31(25)2/h3-10,17-18H,11-15H2,1-2H3,(H,28,32). The molecule has 1 aliphatic rings. The van der Waals surface area contributed by atoms with Crippen molar-refractivity contribution in [3.63, 3.8) is 0 Å². The number of carbonyl (C=O) groups is 1. The molecule has 0 bridgehead atoms. The molecule has 0 spiro atoms. The Hall–Kier alpha value is -3.12. The molecular weight excluding hydrogens is 436 g/mol. The first-order valence-corrected chi connectivity index (χ1v) is 11.8. The van der Waals surface area contributed by atoms with E-state index in [1.165, 1.54) is 11.3 Å². The number of nitrogens with zero attached hydrogens (tertiary/aromatic N) is 3. The van der Waals surface area contributed by atoms with Crippen molar-refractivity contribution in [2.24, 2.45) is 13.0 Å². The number of halogens is 1. The molecule has 1 saturated carbocycles. The van der Waals surface area contributed by atoms with Crippen molar-refractivity contribution >= 4 is 28.5 Å². The van der Waals surface area contributed by atoms with Crippen molar-refractivity contribution in [1.29, 1.82) is 0 Å². The van der Waals surface area contributed by atoms with E-state index in [1.807, 2.05) is 24.3 Å². The quantitative estimate of drug-likeness (QED) is 0.401. The normalized spacial score (nSPS) is 18.5. The summed E-state index contributed by atoms with van der Waals surface area (Å²) in [6.45, 7) is 2.39. The van der Waals surface area contributed by atoms with Crippen LogP contribution in [0, 0.1) is 12.8 Å². The number of rotatable bonds is 5. The molecule has 33 heavy (non-hydrogen) atoms. The third kappa shape index (κ3) is 4.15. The number of carbonyl (C=O) groups excluding carboxylic acids is 1. The van der Waals surface area contributed by atoms with Crippen LogP contribution in [0.5, 0.6) is 0 Å². The molecule has 0 saturated heterocycles. The van der Waals surface area contributed by atoms with E-state index in [1.54, 1.807) is 13.0 Å². The number of fused-ring (bicyclic) bond motifs is 1. The molecule has 2 aromatic carbocycles. The van der Waals surface area contributed by atoms with E-state index < -0.39 is 0 Å². The summed E-state index contributed by atoms with van der Waals surface area (Å²) in [7, 11) is 2.11. The van der Waals surface area contributed by atoms with Gasteiger partial charge in [-0.25, -0.2) is 4.98 Å². The van der Waals surface area contributed by atoms with Crippen molar-refractivity contribution in [3.05, 3.63) is 70.7 Å². The molecule has 6 nitrogen and oxygen atoms in total. The van der Waals surface area contributed by atoms with Crippen LogP contribution in [-0.4, -0.2) is 27.2 Å². The minimum Gasteiger partial charge on any atom is -0.360 e. The number of imidazole rings is 1. The number of aromatic nitrogens is 3. The highest BCUT2D eigenvalue weighted by molar-refractivity contribution is 6.33. The van der Waals surface area contributed by atoms with Gasteiger partial charge in [-0.05, 0) is 56.7 Å². The van der Waals surface area contributed by atoms with Crippen molar-refractivity contribution in [2.45, 2.75) is 38.5 Å². The smallest absolute Gasteiger partial charge is 0.257 e. The van der Waals surface area contributed by atoms with Gasteiger partial charge in [-0.3, -0.25) is 4.79 Å². The highest BCUT2D eigenvalue weighted by Gasteiger charge is 2.28. The topological polar surface area (TPSA) is 73.0 Å². The molecule has 5 rings (SSSR count). The van der Waals surface area contributed by atoms with Crippen LogP contribution in [0.2, 0.25) is 5.02 Å². The van der Waals surface area contributed by atoms with Crippen LogP contribution in [-0.2, 0) is 7.05 Å². The minimum absolute atomic E-state index is 0.166. The molecular formula is C26H27ClN4O2. The van der Waals surface area contributed by atoms with Crippen molar-refractivity contribution in [3.8, 4) is 11.3 Å². The van der Waals surface area contributed by atoms with Gasteiger partial charge in [-0.1, -0.05) is 47.1 Å². The molecule has 0 atom stereocenters. The Morgan fingerprint density at radius 2 is 1.85 bits per heavy atom. The van der Waals surface area contributed by atoms with E-state index in [0.717, 1.165) is 31.2 Å². The first-order valence-electron chi connectivity index (χ1n) is 11.4. The highest BCUT2D eigenvalue weighted by Crippen LogP contribution is 2.36. The van der Waals surface area contributed by atoms with Gasteiger partial charge in [0, 0.05) is 25.1 Å². The molecule has 2 heterocycles. The SMILES string of the molecule is Cc1onc(-c2ccccc2Cl)c1C(=O)NCC1CCC(c2nc3ccccc3n2C)CC1. The Morgan fingerprint density at radius 1 is 1.12 bits per heavy atom. The van der Waals surface area contributed by atoms with Gasteiger partial charge in [-0.2, -0.15) is 0 Å². The lowest BCUT2D eigenvalue weighted by molar-refractivity contribution is 0.0941. The highest BCUT2D eigenvalue weighted by atomic mass is 35.5. The number of amides is 1. The number of hydrogen-bond acceptors (Lipinski definition) is 4. The van der Waals surface area contributed by atoms with Crippen LogP contribution in [0.1, 0.15) is 53.5 Å². The molecule has 4 aromatic rings. The zero-order valence-corrected chi connectivity index (χ0v) is 19.6. The first kappa shape index (κ1) is 21.7. The average molecular weight is 463 g/mol. The second-order valence-corrected chi connectivity index (χ2v) is 9.29. The Balaban J connectivity index is 1.22. The van der Waals surface area contributed by atoms with Crippen LogP contribution in [0.4, 0.5) is 0 Å². The van der Waals surface area contributed by atoms with Gasteiger partial charge in [0.1, 0.15) is 22.8 Å². The van der Waals surface area contributed by atoms with Crippen LogP contribution in [0.3, 0.4) is 0 Å². The van der Waals surface area contributed by atoms with Gasteiger partial charge in [0.2, 0.25) is 0 Å². The zero-order valence-electron chi connectivity index (χ0n) is 18.8. The number of aryl methyl sites for hydroxylation is 2. The lowest BCUT2D eigenvalue weighted by Crippen LogP contribution is -2.31. The van der Waals surface area contributed by atoms with Gasteiger partial charge in [0.25, 0.3) is 5.91 Å². The van der Waals surface area contributed by atoms with Crippen LogP contribution in [0.15, 0.2) is 53.1 Å². The summed E-state index contributed by atoms with van der Waals surface area (Å²) in [5, 5.41) is 7.75. The monoisotopic (exact) mass is 462 g/mol. The number of para-hydroxylation sites is 2. The van der Waals surface area contributed by atoms with Crippen molar-refractivity contribution in [1.82, 2.24) is 20.0 Å². The maximum atomic E-state index is 13.0. The van der Waals surface area contributed by atoms with Crippen LogP contribution >= 0.6 is 11.6 Å². The molecule has 0 radical (unpaired) electrons. The van der Waals surface area contributed by atoms with Gasteiger partial charge in [0.15, 0.2) is 0 Å². The second-order valence-electron chi connectivity index (χ2n) is 8.89. The van der Waals surface area contributed by atoms with Crippen LogP contribution < -0.4 is 5.32 Å². The Bertz CT molecular complexity index is 1300. The lowest BCUT2D eigenvalue weighted by atomic mass is 9.81. The fourth-order valence-corrected chi connectivity index (χ4v) is 5.18. The number of nitrogens with one attached hydrogen (secondary N) is 1. The average Bonchev–Trinajstić information content (AvgIpc) is 3.38. The largest absolute Gasteiger partial charge is 0.360 e. The summed E-state index contributed by atoms with van der Waals surface area (Å²) in [6, 6.07) is 15.6. The van der Waals surface area contributed by atoms with E-state index in [-0.39, 0.29) is 5.91 Å². The maximum Gasteiger partial charge on any atom is 0.257 e. The van der Waals surface area contributed by atoms with Gasteiger partial charge >= 0.3 is 0 Å². The molecule has 1 aliphatic carbocycles. The summed E-state index contributed by atoms with van der Waals surface area (Å²) in [5.41, 5.74) is 3.88. The minimum atomic E-state index is -0.166. The summed E-state index contributed by atoms with van der Waals surface area (Å²) in [5.74, 6) is 2.41. The Labute approximate surface area is 197 Å². The molecule has 1 fully saturated rings. The van der Waals surface area contributed by atoms with Crippen molar-refractivity contribution < 1.29 is 9.32 Å². The molecule has 2 aromatic heterocycles. The molecule has 170 valence electrons. The van der Waals surface area contributed by atoms with E-state index >= 15 is 0 Å². The Morgan fingerprint density at radius 3 is 2.61 bits per heavy atom. The molecule has 7 heteroatoms. The lowest BCUT2D eigenvalue weighted by Gasteiger charge is -2.28. The molecule has 0 aliphatic heterocycles. The predicted octanol–water partition coefficient (Wildman–Crippen LogP) is 5.89. The van der Waals surface area contributed by atoms with Gasteiger partial charge in [0.05, 0.1) is 16.1 Å². The van der Waals surface area contributed by atoms with E-state index in [2.05, 4.69) is 40.3 Å². The summed E-state index contributed by atoms with van der Waals surface area (Å²) in [4.78, 5) is 17.9. The molecule has 1 N–H and O–H groups in total. The predicted molar refractivity (Wildman–Crippen MR) is 129 cm³/mol. The summed E-state index contributed by atoms with van der Waals surface area (Å²) >= 11 is 6.32. The van der Waals surface area contributed by atoms with Crippen molar-refractivity contribution in [2.75, 3.05) is 6.54 Å². The van der Waals surface area contributed by atoms with E-state index in [0.29, 0.717) is 46.0 Å². The van der Waals surface area contributed by atoms with Crippen LogP contribution in [0.25, 0.3) is 22.3 Å². The second kappa shape index (κ2) is 9.02.